The Bertz CT molecular complexity index is 1270. The Hall–Kier alpha value is -4.61. The molecule has 3 aromatic rings. The second kappa shape index (κ2) is 14.5. The quantitative estimate of drug-likeness (QED) is 0.232. The molecule has 2 atom stereocenters. The predicted molar refractivity (Wildman–Crippen MR) is 151 cm³/mol. The van der Waals surface area contributed by atoms with Crippen LogP contribution >= 0.6 is 0 Å². The van der Waals surface area contributed by atoms with Crippen LogP contribution in [-0.2, 0) is 6.42 Å². The van der Waals surface area contributed by atoms with Crippen LogP contribution in [0.4, 0.5) is 21.0 Å². The lowest BCUT2D eigenvalue weighted by molar-refractivity contribution is 0.0388. The maximum absolute atomic E-state index is 12.5. The molecule has 0 spiro atoms. The summed E-state index contributed by atoms with van der Waals surface area (Å²) >= 11 is 0. The maximum Gasteiger partial charge on any atom is 0.407 e. The highest BCUT2D eigenvalue weighted by Gasteiger charge is 2.26. The van der Waals surface area contributed by atoms with Gasteiger partial charge in [-0.2, -0.15) is 0 Å². The van der Waals surface area contributed by atoms with Gasteiger partial charge in [0.05, 0.1) is 19.2 Å². The molecule has 0 radical (unpaired) electrons. The van der Waals surface area contributed by atoms with Crippen molar-refractivity contribution < 1.29 is 34.4 Å². The van der Waals surface area contributed by atoms with Crippen molar-refractivity contribution in [1.82, 2.24) is 9.80 Å². The summed E-state index contributed by atoms with van der Waals surface area (Å²) in [6.45, 7) is -0.796. The molecule has 0 aromatic heterocycles. The average Bonchev–Trinajstić information content (AvgIpc) is 2.94. The van der Waals surface area contributed by atoms with Crippen LogP contribution in [0.15, 0.2) is 78.9 Å². The van der Waals surface area contributed by atoms with Crippen molar-refractivity contribution in [2.24, 2.45) is 0 Å². The number of anilines is 2. The molecule has 0 saturated heterocycles. The molecule has 3 aromatic carbocycles. The minimum Gasteiger partial charge on any atom is -0.491 e. The molecule has 4 amide bonds. The monoisotopic (exact) mass is 550 g/mol. The summed E-state index contributed by atoms with van der Waals surface area (Å²) in [6, 6.07) is 20.9. The Labute approximate surface area is 232 Å². The number of carbonyl (C=O) groups excluding carboxylic acids is 2. The third-order valence-corrected chi connectivity index (χ3v) is 5.95. The van der Waals surface area contributed by atoms with E-state index in [1.165, 1.54) is 4.90 Å². The normalized spacial score (nSPS) is 12.1. The molecular weight excluding hydrogens is 516 g/mol. The zero-order valence-corrected chi connectivity index (χ0v) is 22.4. The number of hydrogen-bond acceptors (Lipinski definition) is 6. The lowest BCUT2D eigenvalue weighted by Gasteiger charge is -2.30. The number of hydrogen-bond donors (Lipinski definition) is 5. The van der Waals surface area contributed by atoms with Gasteiger partial charge in [-0.1, -0.05) is 36.4 Å². The lowest BCUT2D eigenvalue weighted by atomic mass is 10.0. The van der Waals surface area contributed by atoms with Gasteiger partial charge >= 0.3 is 12.1 Å². The Morgan fingerprint density at radius 1 is 0.900 bits per heavy atom. The van der Waals surface area contributed by atoms with Gasteiger partial charge in [0.15, 0.2) is 0 Å². The van der Waals surface area contributed by atoms with E-state index < -0.39 is 30.9 Å². The number of aliphatic hydroxyl groups excluding tert-OH is 2. The molecule has 0 saturated carbocycles. The number of nitrogens with one attached hydrogen (secondary N) is 2. The van der Waals surface area contributed by atoms with Crippen molar-refractivity contribution in [1.29, 1.82) is 0 Å². The summed E-state index contributed by atoms with van der Waals surface area (Å²) in [7, 11) is 3.29. The Morgan fingerprint density at radius 2 is 1.57 bits per heavy atom. The summed E-state index contributed by atoms with van der Waals surface area (Å²) in [5, 5.41) is 35.4. The van der Waals surface area contributed by atoms with Gasteiger partial charge < -0.3 is 40.5 Å². The molecule has 11 heteroatoms. The van der Waals surface area contributed by atoms with Gasteiger partial charge in [0.2, 0.25) is 0 Å². The van der Waals surface area contributed by atoms with E-state index in [0.717, 1.165) is 10.5 Å². The molecule has 0 aliphatic heterocycles. The van der Waals surface area contributed by atoms with E-state index >= 15 is 0 Å². The molecule has 0 bridgehead atoms. The van der Waals surface area contributed by atoms with Crippen LogP contribution in [-0.4, -0.2) is 89.2 Å². The number of carbonyl (C=O) groups is 3. The minimum atomic E-state index is -1.27. The van der Waals surface area contributed by atoms with Gasteiger partial charge in [-0.3, -0.25) is 4.79 Å². The lowest BCUT2D eigenvalue weighted by Crippen LogP contribution is -2.48. The van der Waals surface area contributed by atoms with Crippen LogP contribution in [0.1, 0.15) is 15.9 Å². The van der Waals surface area contributed by atoms with Crippen LogP contribution in [0.2, 0.25) is 0 Å². The van der Waals surface area contributed by atoms with Crippen LogP contribution in [0.3, 0.4) is 0 Å². The number of carboxylic acid groups (broad SMARTS) is 1. The predicted octanol–water partition coefficient (Wildman–Crippen LogP) is 3.36. The number of para-hydroxylation sites is 1. The van der Waals surface area contributed by atoms with Gasteiger partial charge in [0, 0.05) is 31.0 Å². The number of benzene rings is 3. The summed E-state index contributed by atoms with van der Waals surface area (Å²) in [4.78, 5) is 38.9. The largest absolute Gasteiger partial charge is 0.491 e. The third kappa shape index (κ3) is 9.00. The first-order valence-electron chi connectivity index (χ1n) is 12.6. The Morgan fingerprint density at radius 3 is 2.20 bits per heavy atom. The van der Waals surface area contributed by atoms with Crippen LogP contribution in [0.25, 0.3) is 0 Å². The van der Waals surface area contributed by atoms with E-state index in [-0.39, 0.29) is 25.5 Å². The van der Waals surface area contributed by atoms with E-state index in [1.807, 2.05) is 6.07 Å². The molecule has 40 heavy (non-hydrogen) atoms. The maximum atomic E-state index is 12.5. The average molecular weight is 551 g/mol. The molecule has 0 aliphatic rings. The zero-order valence-electron chi connectivity index (χ0n) is 22.4. The second-order valence-electron chi connectivity index (χ2n) is 9.31. The molecule has 5 N–H and O–H groups in total. The minimum absolute atomic E-state index is 0.107. The van der Waals surface area contributed by atoms with Gasteiger partial charge in [-0.15, -0.1) is 0 Å². The molecular formula is C29H34N4O7. The Balaban J connectivity index is 1.55. The fourth-order valence-electron chi connectivity index (χ4n) is 3.92. The summed E-state index contributed by atoms with van der Waals surface area (Å²) in [5.74, 6) is 0.370. The first kappa shape index (κ1) is 29.9. The van der Waals surface area contributed by atoms with Crippen LogP contribution < -0.4 is 15.4 Å². The number of amides is 4. The van der Waals surface area contributed by atoms with Crippen LogP contribution in [0, 0.1) is 0 Å². The summed E-state index contributed by atoms with van der Waals surface area (Å²) in [6.07, 6.45) is -2.19. The number of urea groups is 1. The van der Waals surface area contributed by atoms with E-state index in [4.69, 9.17) is 4.74 Å². The standard InChI is InChI=1S/C29H34N4O7/c1-32(2)27(36)21-7-6-8-23(16-21)31-28(37)30-22-13-11-20(12-14-22)15-24(18-34)33(29(38)39)17-25(35)19-40-26-9-4-3-5-10-26/h3-14,16,24-25,34-35H,15,17-19H2,1-2H3,(H,38,39)(H2,30,31,37)/t24-,25-/m0/s1. The topological polar surface area (TPSA) is 152 Å². The smallest absolute Gasteiger partial charge is 0.407 e. The molecule has 0 fully saturated rings. The highest BCUT2D eigenvalue weighted by molar-refractivity contribution is 6.01. The molecule has 0 aliphatic carbocycles. The van der Waals surface area contributed by atoms with Crippen molar-refractivity contribution in [2.75, 3.05) is 44.5 Å². The number of ether oxygens (including phenoxy) is 1. The summed E-state index contributed by atoms with van der Waals surface area (Å²) < 4.78 is 5.50. The van der Waals surface area contributed by atoms with Gasteiger partial charge in [0.25, 0.3) is 5.91 Å². The summed E-state index contributed by atoms with van der Waals surface area (Å²) in [5.41, 5.74) is 2.11. The van der Waals surface area contributed by atoms with E-state index in [0.29, 0.717) is 22.7 Å². The SMILES string of the molecule is CN(C)C(=O)c1cccc(NC(=O)Nc2ccc(C[C@@H](CO)N(C[C@H](O)COc3ccccc3)C(=O)O)cc2)c1. The number of nitrogens with zero attached hydrogens (tertiary/aromatic N) is 2. The van der Waals surface area contributed by atoms with E-state index in [9.17, 15) is 29.7 Å². The fourth-order valence-corrected chi connectivity index (χ4v) is 3.92. The number of rotatable bonds is 12. The van der Waals surface area contributed by atoms with Crippen molar-refractivity contribution in [3.8, 4) is 5.75 Å². The first-order valence-corrected chi connectivity index (χ1v) is 12.6. The van der Waals surface area contributed by atoms with Crippen LogP contribution in [0.5, 0.6) is 5.75 Å². The van der Waals surface area contributed by atoms with Gasteiger partial charge in [0.1, 0.15) is 18.5 Å². The highest BCUT2D eigenvalue weighted by atomic mass is 16.5. The third-order valence-electron chi connectivity index (χ3n) is 5.95. The molecule has 0 heterocycles. The highest BCUT2D eigenvalue weighted by Crippen LogP contribution is 2.17. The molecule has 3 rings (SSSR count). The van der Waals surface area contributed by atoms with Crippen molar-refractivity contribution in [2.45, 2.75) is 18.6 Å². The second-order valence-corrected chi connectivity index (χ2v) is 9.31. The molecule has 0 unspecified atom stereocenters. The number of aliphatic hydroxyl groups is 2. The molecule has 212 valence electrons. The van der Waals surface area contributed by atoms with Crippen molar-refractivity contribution in [3.63, 3.8) is 0 Å². The first-order chi connectivity index (χ1) is 19.2. The van der Waals surface area contributed by atoms with Crippen molar-refractivity contribution >= 4 is 29.4 Å². The Kier molecular flexibility index (Phi) is 10.9. The van der Waals surface area contributed by atoms with Gasteiger partial charge in [-0.25, -0.2) is 9.59 Å². The zero-order chi connectivity index (χ0) is 29.1. The molecule has 11 nitrogen and oxygen atoms in total. The van der Waals surface area contributed by atoms with Crippen molar-refractivity contribution in [3.05, 3.63) is 90.0 Å². The fraction of sp³-hybridized carbons (Fsp3) is 0.276. The van der Waals surface area contributed by atoms with E-state index in [1.54, 1.807) is 86.9 Å². The van der Waals surface area contributed by atoms with Gasteiger partial charge in [-0.05, 0) is 54.4 Å². The van der Waals surface area contributed by atoms with E-state index in [2.05, 4.69) is 10.6 Å².